The van der Waals surface area contributed by atoms with Gasteiger partial charge in [-0.25, -0.2) is 0 Å². The fraction of sp³-hybridized carbons (Fsp3) is 0.333. The third-order valence-corrected chi connectivity index (χ3v) is 3.77. The van der Waals surface area contributed by atoms with Crippen molar-refractivity contribution in [1.29, 1.82) is 0 Å². The molecule has 0 radical (unpaired) electrons. The van der Waals surface area contributed by atoms with Gasteiger partial charge in [-0.2, -0.15) is 0 Å². The lowest BCUT2D eigenvalue weighted by Crippen LogP contribution is -2.31. The molecule has 0 saturated carbocycles. The van der Waals surface area contributed by atoms with Crippen LogP contribution in [-0.4, -0.2) is 30.7 Å². The van der Waals surface area contributed by atoms with Crippen LogP contribution in [0.1, 0.15) is 11.3 Å². The Kier molecular flexibility index (Phi) is 6.01. The lowest BCUT2D eigenvalue weighted by atomic mass is 10.1. The van der Waals surface area contributed by atoms with Gasteiger partial charge >= 0.3 is 0 Å². The molecule has 0 saturated heterocycles. The second-order valence-electron chi connectivity index (χ2n) is 5.44. The highest BCUT2D eigenvalue weighted by atomic mass is 16.5. The molecule has 2 aromatic rings. The number of hydrogen-bond donors (Lipinski definition) is 1. The SMILES string of the molecule is COc1ccc(CCNC(=O)COc2c(C)n(C)ccc2=O)cc1. The van der Waals surface area contributed by atoms with Gasteiger partial charge in [-0.3, -0.25) is 9.59 Å². The van der Waals surface area contributed by atoms with Gasteiger partial charge in [0.15, 0.2) is 12.4 Å². The highest BCUT2D eigenvalue weighted by Gasteiger charge is 2.09. The van der Waals surface area contributed by atoms with Crippen LogP contribution in [0.5, 0.6) is 11.5 Å². The monoisotopic (exact) mass is 330 g/mol. The minimum atomic E-state index is -0.256. The van der Waals surface area contributed by atoms with Crippen LogP contribution in [0.4, 0.5) is 0 Å². The minimum Gasteiger partial charge on any atom is -0.497 e. The zero-order chi connectivity index (χ0) is 17.5. The van der Waals surface area contributed by atoms with E-state index in [9.17, 15) is 9.59 Å². The molecule has 0 aliphatic rings. The number of amides is 1. The Bertz CT molecular complexity index is 751. The molecule has 0 fully saturated rings. The summed E-state index contributed by atoms with van der Waals surface area (Å²) in [4.78, 5) is 23.6. The van der Waals surface area contributed by atoms with E-state index >= 15 is 0 Å². The first-order valence-electron chi connectivity index (χ1n) is 7.70. The number of methoxy groups -OCH3 is 1. The summed E-state index contributed by atoms with van der Waals surface area (Å²) in [6.07, 6.45) is 2.38. The molecule has 128 valence electrons. The summed E-state index contributed by atoms with van der Waals surface area (Å²) in [5, 5.41) is 2.78. The molecule has 0 aliphatic heterocycles. The van der Waals surface area contributed by atoms with E-state index in [4.69, 9.17) is 9.47 Å². The highest BCUT2D eigenvalue weighted by molar-refractivity contribution is 5.77. The van der Waals surface area contributed by atoms with E-state index in [0.717, 1.165) is 11.3 Å². The largest absolute Gasteiger partial charge is 0.497 e. The number of benzene rings is 1. The van der Waals surface area contributed by atoms with Gasteiger partial charge in [-0.1, -0.05) is 12.1 Å². The van der Waals surface area contributed by atoms with E-state index in [0.29, 0.717) is 18.7 Å². The zero-order valence-corrected chi connectivity index (χ0v) is 14.2. The van der Waals surface area contributed by atoms with Crippen molar-refractivity contribution in [3.8, 4) is 11.5 Å². The van der Waals surface area contributed by atoms with E-state index in [-0.39, 0.29) is 23.7 Å². The van der Waals surface area contributed by atoms with E-state index in [2.05, 4.69) is 5.32 Å². The van der Waals surface area contributed by atoms with Gasteiger partial charge in [-0.15, -0.1) is 0 Å². The maximum Gasteiger partial charge on any atom is 0.257 e. The Morgan fingerprint density at radius 1 is 1.21 bits per heavy atom. The molecule has 1 heterocycles. The molecule has 6 nitrogen and oxygen atoms in total. The van der Waals surface area contributed by atoms with Gasteiger partial charge in [0, 0.05) is 25.9 Å². The maximum atomic E-state index is 11.8. The van der Waals surface area contributed by atoms with Gasteiger partial charge in [0.1, 0.15) is 5.75 Å². The van der Waals surface area contributed by atoms with Crippen LogP contribution >= 0.6 is 0 Å². The number of rotatable bonds is 7. The Balaban J connectivity index is 1.79. The van der Waals surface area contributed by atoms with Gasteiger partial charge < -0.3 is 19.4 Å². The molecule has 1 aromatic heterocycles. The summed E-state index contributed by atoms with van der Waals surface area (Å²) in [6.45, 7) is 2.10. The molecule has 0 spiro atoms. The van der Waals surface area contributed by atoms with Crippen LogP contribution in [-0.2, 0) is 18.3 Å². The number of carbonyl (C=O) groups excluding carboxylic acids is 1. The average Bonchev–Trinajstić information content (AvgIpc) is 2.59. The number of nitrogens with zero attached hydrogens (tertiary/aromatic N) is 1. The molecule has 1 N–H and O–H groups in total. The quantitative estimate of drug-likeness (QED) is 0.834. The molecule has 24 heavy (non-hydrogen) atoms. The Morgan fingerprint density at radius 2 is 1.92 bits per heavy atom. The molecule has 0 bridgehead atoms. The predicted molar refractivity (Wildman–Crippen MR) is 91.6 cm³/mol. The number of ether oxygens (including phenoxy) is 2. The summed E-state index contributed by atoms with van der Waals surface area (Å²) in [6, 6.07) is 9.10. The van der Waals surface area contributed by atoms with E-state index in [1.165, 1.54) is 6.07 Å². The molecule has 0 unspecified atom stereocenters. The second-order valence-corrected chi connectivity index (χ2v) is 5.44. The number of hydrogen-bond acceptors (Lipinski definition) is 4. The fourth-order valence-electron chi connectivity index (χ4n) is 2.21. The standard InChI is InChI=1S/C18H22N2O4/c1-13-18(16(21)9-11-20(13)2)24-12-17(22)19-10-8-14-4-6-15(23-3)7-5-14/h4-7,9,11H,8,10,12H2,1-3H3,(H,19,22). The van der Waals surface area contributed by atoms with Crippen LogP contribution in [0, 0.1) is 6.92 Å². The Labute approximate surface area is 141 Å². The van der Waals surface area contributed by atoms with Crippen molar-refractivity contribution >= 4 is 5.91 Å². The van der Waals surface area contributed by atoms with E-state index in [1.807, 2.05) is 31.3 Å². The van der Waals surface area contributed by atoms with Crippen LogP contribution in [0.15, 0.2) is 41.3 Å². The van der Waals surface area contributed by atoms with Crippen molar-refractivity contribution in [3.63, 3.8) is 0 Å². The molecule has 0 atom stereocenters. The van der Waals surface area contributed by atoms with Crippen LogP contribution in [0.25, 0.3) is 0 Å². The zero-order valence-electron chi connectivity index (χ0n) is 14.2. The minimum absolute atomic E-state index is 0.178. The van der Waals surface area contributed by atoms with Crippen molar-refractivity contribution in [2.75, 3.05) is 20.3 Å². The number of aryl methyl sites for hydroxylation is 1. The topological polar surface area (TPSA) is 69.6 Å². The van der Waals surface area contributed by atoms with Crippen molar-refractivity contribution in [3.05, 3.63) is 58.0 Å². The number of nitrogens with one attached hydrogen (secondary N) is 1. The van der Waals surface area contributed by atoms with Gasteiger partial charge in [0.05, 0.1) is 12.8 Å². The van der Waals surface area contributed by atoms with Crippen LogP contribution in [0.2, 0.25) is 0 Å². The summed E-state index contributed by atoms with van der Waals surface area (Å²) >= 11 is 0. The number of carbonyl (C=O) groups is 1. The second kappa shape index (κ2) is 8.19. The molecule has 0 aliphatic carbocycles. The summed E-state index contributed by atoms with van der Waals surface area (Å²) in [7, 11) is 3.44. The summed E-state index contributed by atoms with van der Waals surface area (Å²) < 4.78 is 12.3. The number of aromatic nitrogens is 1. The molecule has 6 heteroatoms. The lowest BCUT2D eigenvalue weighted by Gasteiger charge is -2.11. The van der Waals surface area contributed by atoms with Gasteiger partial charge in [-0.05, 0) is 31.0 Å². The Morgan fingerprint density at radius 3 is 2.58 bits per heavy atom. The molecule has 2 rings (SSSR count). The third-order valence-electron chi connectivity index (χ3n) is 3.77. The summed E-state index contributed by atoms with van der Waals surface area (Å²) in [5.41, 5.74) is 1.56. The molecule has 1 aromatic carbocycles. The van der Waals surface area contributed by atoms with Crippen molar-refractivity contribution in [2.45, 2.75) is 13.3 Å². The molecular formula is C18H22N2O4. The summed E-state index contributed by atoms with van der Waals surface area (Å²) in [5.74, 6) is 0.759. The number of pyridine rings is 1. The molecule has 1 amide bonds. The van der Waals surface area contributed by atoms with E-state index < -0.39 is 0 Å². The highest BCUT2D eigenvalue weighted by Crippen LogP contribution is 2.11. The fourth-order valence-corrected chi connectivity index (χ4v) is 2.21. The van der Waals surface area contributed by atoms with Crippen LogP contribution < -0.4 is 20.2 Å². The van der Waals surface area contributed by atoms with Crippen molar-refractivity contribution in [1.82, 2.24) is 9.88 Å². The van der Waals surface area contributed by atoms with Gasteiger partial charge in [0.25, 0.3) is 5.91 Å². The van der Waals surface area contributed by atoms with Crippen molar-refractivity contribution in [2.24, 2.45) is 7.05 Å². The van der Waals surface area contributed by atoms with Crippen molar-refractivity contribution < 1.29 is 14.3 Å². The predicted octanol–water partition coefficient (Wildman–Crippen LogP) is 1.44. The van der Waals surface area contributed by atoms with E-state index in [1.54, 1.807) is 24.8 Å². The normalized spacial score (nSPS) is 10.3. The van der Waals surface area contributed by atoms with Crippen LogP contribution in [0.3, 0.4) is 0 Å². The average molecular weight is 330 g/mol. The first-order chi connectivity index (χ1) is 11.5. The third kappa shape index (κ3) is 4.62. The van der Waals surface area contributed by atoms with Gasteiger partial charge in [0.2, 0.25) is 5.43 Å². The first-order valence-corrected chi connectivity index (χ1v) is 7.70. The Hall–Kier alpha value is -2.76. The first kappa shape index (κ1) is 17.6. The lowest BCUT2D eigenvalue weighted by molar-refractivity contribution is -0.123. The maximum absolute atomic E-state index is 11.8. The molecular weight excluding hydrogens is 308 g/mol. The smallest absolute Gasteiger partial charge is 0.257 e.